The van der Waals surface area contributed by atoms with Gasteiger partial charge in [0.2, 0.25) is 0 Å². The van der Waals surface area contributed by atoms with Crippen molar-refractivity contribution in [3.05, 3.63) is 30.3 Å². The van der Waals surface area contributed by atoms with Crippen molar-refractivity contribution in [2.75, 3.05) is 66.1 Å². The lowest BCUT2D eigenvalue weighted by atomic mass is 10.1. The molecule has 1 aromatic carbocycles. The third-order valence-electron chi connectivity index (χ3n) is 5.09. The number of hydrogen-bond acceptors (Lipinski definition) is 9. The average molecular weight is 533 g/mol. The molecule has 0 saturated carbocycles. The van der Waals surface area contributed by atoms with E-state index in [1.165, 1.54) is 44.2 Å². The van der Waals surface area contributed by atoms with E-state index in [0.717, 1.165) is 12.8 Å². The van der Waals surface area contributed by atoms with Gasteiger partial charge in [0, 0.05) is 6.42 Å². The molecule has 9 nitrogen and oxygen atoms in total. The van der Waals surface area contributed by atoms with Crippen LogP contribution >= 0.6 is 0 Å². The molecule has 0 radical (unpaired) electrons. The highest BCUT2D eigenvalue weighted by Crippen LogP contribution is 2.11. The van der Waals surface area contributed by atoms with Gasteiger partial charge >= 0.3 is 5.97 Å². The zero-order valence-corrected chi connectivity index (χ0v) is 22.5. The summed E-state index contributed by atoms with van der Waals surface area (Å²) in [4.78, 5) is 11.8. The van der Waals surface area contributed by atoms with E-state index in [-0.39, 0.29) is 30.7 Å². The lowest BCUT2D eigenvalue weighted by Gasteiger charge is -2.08. The second-order valence-electron chi connectivity index (χ2n) is 8.13. The average Bonchev–Trinajstić information content (AvgIpc) is 2.88. The summed E-state index contributed by atoms with van der Waals surface area (Å²) in [6, 6.07) is 7.97. The second-order valence-corrected chi connectivity index (χ2v) is 9.75. The van der Waals surface area contributed by atoms with E-state index >= 15 is 0 Å². The number of benzene rings is 1. The minimum absolute atomic E-state index is 0.0568. The minimum Gasteiger partial charge on any atom is -0.463 e. The van der Waals surface area contributed by atoms with E-state index < -0.39 is 10.1 Å². The number of esters is 1. The topological polar surface area (TPSA) is 107 Å². The van der Waals surface area contributed by atoms with Gasteiger partial charge in [0.25, 0.3) is 10.1 Å². The van der Waals surface area contributed by atoms with E-state index in [1.54, 1.807) is 18.2 Å². The predicted molar refractivity (Wildman–Crippen MR) is 136 cm³/mol. The van der Waals surface area contributed by atoms with Crippen molar-refractivity contribution in [1.82, 2.24) is 0 Å². The number of rotatable bonds is 25. The molecule has 10 heteroatoms. The Labute approximate surface area is 216 Å². The zero-order valence-electron chi connectivity index (χ0n) is 21.7. The molecule has 1 rings (SSSR count). The number of unbranched alkanes of at least 4 members (excludes halogenated alkanes) is 6. The number of ether oxygens (including phenoxy) is 5. The van der Waals surface area contributed by atoms with Gasteiger partial charge < -0.3 is 23.7 Å². The van der Waals surface area contributed by atoms with E-state index in [1.807, 2.05) is 0 Å². The SMILES string of the molecule is CCCCCCCCCC(=O)OCCOCCOCCOCCOCCOS(=O)(=O)c1ccccc1. The largest absolute Gasteiger partial charge is 0.463 e. The summed E-state index contributed by atoms with van der Waals surface area (Å²) in [7, 11) is -3.75. The predicted octanol–water partition coefficient (Wildman–Crippen LogP) is 4.14. The summed E-state index contributed by atoms with van der Waals surface area (Å²) in [6.45, 7) is 5.31. The minimum atomic E-state index is -3.75. The van der Waals surface area contributed by atoms with Crippen molar-refractivity contribution < 1.29 is 41.1 Å². The van der Waals surface area contributed by atoms with Crippen molar-refractivity contribution in [2.24, 2.45) is 0 Å². The molecule has 208 valence electrons. The van der Waals surface area contributed by atoms with Crippen molar-refractivity contribution >= 4 is 16.1 Å². The van der Waals surface area contributed by atoms with Crippen molar-refractivity contribution in [3.63, 3.8) is 0 Å². The highest BCUT2D eigenvalue weighted by molar-refractivity contribution is 7.86. The monoisotopic (exact) mass is 532 g/mol. The summed E-state index contributed by atoms with van der Waals surface area (Å²) in [5.74, 6) is -0.158. The fraction of sp³-hybridized carbons (Fsp3) is 0.731. The van der Waals surface area contributed by atoms with Gasteiger partial charge in [0.05, 0.1) is 64.4 Å². The van der Waals surface area contributed by atoms with Gasteiger partial charge in [-0.2, -0.15) is 8.42 Å². The van der Waals surface area contributed by atoms with Crippen LogP contribution < -0.4 is 0 Å². The molecule has 0 N–H and O–H groups in total. The maximum absolute atomic E-state index is 11.9. The molecular weight excluding hydrogens is 488 g/mol. The van der Waals surface area contributed by atoms with Crippen LogP contribution in [0, 0.1) is 0 Å². The van der Waals surface area contributed by atoms with Crippen LogP contribution in [0.5, 0.6) is 0 Å². The highest BCUT2D eigenvalue weighted by atomic mass is 32.2. The summed E-state index contributed by atoms with van der Waals surface area (Å²) in [5, 5.41) is 0. The van der Waals surface area contributed by atoms with E-state index in [4.69, 9.17) is 27.9 Å². The molecule has 0 fully saturated rings. The molecule has 0 atom stereocenters. The van der Waals surface area contributed by atoms with Crippen LogP contribution in [-0.4, -0.2) is 80.5 Å². The van der Waals surface area contributed by atoms with Crippen molar-refractivity contribution in [1.29, 1.82) is 0 Å². The van der Waals surface area contributed by atoms with Gasteiger partial charge in [-0.15, -0.1) is 0 Å². The molecule has 0 amide bonds. The van der Waals surface area contributed by atoms with Gasteiger partial charge in [0.15, 0.2) is 0 Å². The number of carbonyl (C=O) groups excluding carboxylic acids is 1. The molecule has 0 bridgehead atoms. The Bertz CT molecular complexity index is 741. The standard InChI is InChI=1S/C26H44O9S/c1-2-3-4-5-6-7-11-14-26(27)34-23-21-32-19-17-30-15-16-31-18-20-33-22-24-35-36(28,29)25-12-9-8-10-13-25/h8-10,12-13H,2-7,11,14-24H2,1H3. The van der Waals surface area contributed by atoms with Gasteiger partial charge in [0.1, 0.15) is 6.61 Å². The molecule has 0 aromatic heterocycles. The smallest absolute Gasteiger partial charge is 0.305 e. The molecule has 0 aliphatic carbocycles. The molecular formula is C26H44O9S. The summed E-state index contributed by atoms with van der Waals surface area (Å²) in [5.41, 5.74) is 0. The molecule has 0 aliphatic rings. The van der Waals surface area contributed by atoms with Crippen molar-refractivity contribution in [2.45, 2.75) is 63.2 Å². The number of hydrogen-bond donors (Lipinski definition) is 0. The van der Waals surface area contributed by atoms with Crippen LogP contribution in [0.1, 0.15) is 58.3 Å². The van der Waals surface area contributed by atoms with Crippen LogP contribution in [0.4, 0.5) is 0 Å². The lowest BCUT2D eigenvalue weighted by Crippen LogP contribution is -2.15. The number of carbonyl (C=O) groups is 1. The first kappa shape index (κ1) is 32.5. The molecule has 1 aromatic rings. The van der Waals surface area contributed by atoms with E-state index in [0.29, 0.717) is 52.7 Å². The summed E-state index contributed by atoms with van der Waals surface area (Å²) < 4.78 is 55.4. The van der Waals surface area contributed by atoms with Gasteiger partial charge in [-0.25, -0.2) is 0 Å². The first-order valence-corrected chi connectivity index (χ1v) is 14.4. The Morgan fingerprint density at radius 1 is 0.639 bits per heavy atom. The molecule has 0 spiro atoms. The Balaban J connectivity index is 1.78. The summed E-state index contributed by atoms with van der Waals surface area (Å²) in [6.07, 6.45) is 8.72. The van der Waals surface area contributed by atoms with Gasteiger partial charge in [-0.1, -0.05) is 63.6 Å². The van der Waals surface area contributed by atoms with E-state index in [2.05, 4.69) is 6.92 Å². The third kappa shape index (κ3) is 18.7. The molecule has 0 saturated heterocycles. The first-order valence-electron chi connectivity index (χ1n) is 13.0. The molecule has 36 heavy (non-hydrogen) atoms. The lowest BCUT2D eigenvalue weighted by molar-refractivity contribution is -0.145. The second kappa shape index (κ2) is 22.6. The molecule has 0 heterocycles. The fourth-order valence-electron chi connectivity index (χ4n) is 3.13. The van der Waals surface area contributed by atoms with Crippen LogP contribution in [0.3, 0.4) is 0 Å². The van der Waals surface area contributed by atoms with Crippen LogP contribution in [0.2, 0.25) is 0 Å². The Kier molecular flexibility index (Phi) is 20.4. The zero-order chi connectivity index (χ0) is 26.2. The summed E-state index contributed by atoms with van der Waals surface area (Å²) >= 11 is 0. The normalized spacial score (nSPS) is 11.6. The maximum Gasteiger partial charge on any atom is 0.305 e. The Morgan fingerprint density at radius 2 is 1.11 bits per heavy atom. The Morgan fingerprint density at radius 3 is 1.67 bits per heavy atom. The highest BCUT2D eigenvalue weighted by Gasteiger charge is 2.13. The van der Waals surface area contributed by atoms with Crippen molar-refractivity contribution in [3.8, 4) is 0 Å². The first-order chi connectivity index (χ1) is 17.6. The molecule has 0 aliphatic heterocycles. The maximum atomic E-state index is 11.9. The Hall–Kier alpha value is -1.56. The van der Waals surface area contributed by atoms with Crippen LogP contribution in [0.25, 0.3) is 0 Å². The quantitative estimate of drug-likeness (QED) is 0.104. The van der Waals surface area contributed by atoms with Crippen LogP contribution in [-0.2, 0) is 42.8 Å². The molecule has 0 unspecified atom stereocenters. The van der Waals surface area contributed by atoms with Gasteiger partial charge in [-0.05, 0) is 18.6 Å². The fourth-order valence-corrected chi connectivity index (χ4v) is 4.05. The van der Waals surface area contributed by atoms with E-state index in [9.17, 15) is 13.2 Å². The third-order valence-corrected chi connectivity index (χ3v) is 6.42. The van der Waals surface area contributed by atoms with Crippen LogP contribution in [0.15, 0.2) is 35.2 Å². The van der Waals surface area contributed by atoms with Gasteiger partial charge in [-0.3, -0.25) is 8.98 Å².